The van der Waals surface area contributed by atoms with Crippen molar-refractivity contribution >= 4 is 10.0 Å². The minimum absolute atomic E-state index is 0.0273. The summed E-state index contributed by atoms with van der Waals surface area (Å²) < 4.78 is 41.4. The smallest absolute Gasteiger partial charge is 0.240 e. The van der Waals surface area contributed by atoms with Crippen molar-refractivity contribution in [3.8, 4) is 0 Å². The summed E-state index contributed by atoms with van der Waals surface area (Å²) in [4.78, 5) is -0.0273. The number of nitrogens with one attached hydrogen (secondary N) is 1. The Morgan fingerprint density at radius 2 is 2.10 bits per heavy atom. The molecule has 2 aromatic rings. The Morgan fingerprint density at radius 1 is 1.38 bits per heavy atom. The highest BCUT2D eigenvalue weighted by molar-refractivity contribution is 7.89. The molecule has 114 valence electrons. The van der Waals surface area contributed by atoms with Crippen LogP contribution in [0.25, 0.3) is 0 Å². The molecule has 0 fully saturated rings. The fourth-order valence-electron chi connectivity index (χ4n) is 1.98. The number of halogens is 1. The third-order valence-electron chi connectivity index (χ3n) is 3.23. The molecule has 2 N–H and O–H groups in total. The van der Waals surface area contributed by atoms with Crippen LogP contribution in [-0.2, 0) is 17.1 Å². The van der Waals surface area contributed by atoms with Gasteiger partial charge in [-0.1, -0.05) is 0 Å². The van der Waals surface area contributed by atoms with E-state index in [0.29, 0.717) is 5.69 Å². The van der Waals surface area contributed by atoms with Gasteiger partial charge in [0.15, 0.2) is 0 Å². The summed E-state index contributed by atoms with van der Waals surface area (Å²) in [6.45, 7) is 1.34. The maximum atomic E-state index is 13.2. The lowest BCUT2D eigenvalue weighted by Gasteiger charge is -2.13. The number of aliphatic hydroxyl groups excluding tert-OH is 1. The molecule has 5 nitrogen and oxygen atoms in total. The summed E-state index contributed by atoms with van der Waals surface area (Å²) in [6.07, 6.45) is 0.803. The van der Waals surface area contributed by atoms with E-state index in [1.54, 1.807) is 29.9 Å². The van der Waals surface area contributed by atoms with Crippen molar-refractivity contribution in [3.05, 3.63) is 53.6 Å². The van der Waals surface area contributed by atoms with Crippen LogP contribution in [-0.4, -0.2) is 24.6 Å². The van der Waals surface area contributed by atoms with Crippen molar-refractivity contribution in [2.24, 2.45) is 7.05 Å². The van der Waals surface area contributed by atoms with Crippen LogP contribution in [0.5, 0.6) is 0 Å². The van der Waals surface area contributed by atoms with E-state index in [-0.39, 0.29) is 17.0 Å². The lowest BCUT2D eigenvalue weighted by atomic mass is 10.2. The van der Waals surface area contributed by atoms with E-state index in [0.717, 1.165) is 6.07 Å². The maximum absolute atomic E-state index is 13.2. The van der Waals surface area contributed by atoms with E-state index in [2.05, 4.69) is 4.72 Å². The minimum Gasteiger partial charge on any atom is -0.386 e. The van der Waals surface area contributed by atoms with Gasteiger partial charge in [0.05, 0.1) is 4.90 Å². The highest BCUT2D eigenvalue weighted by Crippen LogP contribution is 2.16. The summed E-state index contributed by atoms with van der Waals surface area (Å²) in [7, 11) is -2.02. The van der Waals surface area contributed by atoms with Crippen LogP contribution < -0.4 is 4.72 Å². The van der Waals surface area contributed by atoms with Crippen LogP contribution in [0.15, 0.2) is 41.4 Å². The monoisotopic (exact) mass is 312 g/mol. The summed E-state index contributed by atoms with van der Waals surface area (Å²) in [5.41, 5.74) is 0.855. The zero-order valence-electron chi connectivity index (χ0n) is 11.7. The lowest BCUT2D eigenvalue weighted by Crippen LogP contribution is -2.29. The van der Waals surface area contributed by atoms with Gasteiger partial charge in [0, 0.05) is 25.5 Å². The van der Waals surface area contributed by atoms with Gasteiger partial charge in [0.25, 0.3) is 0 Å². The van der Waals surface area contributed by atoms with E-state index in [9.17, 15) is 17.9 Å². The number of rotatable bonds is 5. The number of benzene rings is 1. The Hall–Kier alpha value is -1.70. The molecule has 0 aliphatic heterocycles. The molecule has 0 radical (unpaired) electrons. The van der Waals surface area contributed by atoms with E-state index >= 15 is 0 Å². The highest BCUT2D eigenvalue weighted by Gasteiger charge is 2.18. The number of aliphatic hydroxyl groups is 1. The Morgan fingerprint density at radius 3 is 2.67 bits per heavy atom. The quantitative estimate of drug-likeness (QED) is 0.878. The molecule has 21 heavy (non-hydrogen) atoms. The molecule has 1 atom stereocenters. The van der Waals surface area contributed by atoms with Crippen LogP contribution >= 0.6 is 0 Å². The zero-order valence-corrected chi connectivity index (χ0v) is 12.6. The van der Waals surface area contributed by atoms with Crippen LogP contribution in [0.2, 0.25) is 0 Å². The molecule has 0 spiro atoms. The average Bonchev–Trinajstić information content (AvgIpc) is 2.85. The number of sulfonamides is 1. The Labute approximate surface area is 123 Å². The van der Waals surface area contributed by atoms with Crippen molar-refractivity contribution in [2.75, 3.05) is 6.54 Å². The van der Waals surface area contributed by atoms with Crippen molar-refractivity contribution < 1.29 is 17.9 Å². The summed E-state index contributed by atoms with van der Waals surface area (Å²) in [5.74, 6) is -0.460. The standard InChI is InChI=1S/C14H17FN2O3S/c1-10-8-11(5-6-12(10)15)21(19,20)16-9-14(18)13-4-3-7-17(13)2/h3-8,14,16,18H,9H2,1-2H3. The van der Waals surface area contributed by atoms with Crippen molar-refractivity contribution in [2.45, 2.75) is 17.9 Å². The first-order chi connectivity index (χ1) is 9.81. The Kier molecular flexibility index (Phi) is 4.46. The number of hydrogen-bond acceptors (Lipinski definition) is 3. The molecular formula is C14H17FN2O3S. The van der Waals surface area contributed by atoms with Gasteiger partial charge in [-0.2, -0.15) is 0 Å². The first-order valence-corrected chi connectivity index (χ1v) is 7.84. The van der Waals surface area contributed by atoms with Gasteiger partial charge in [0.1, 0.15) is 11.9 Å². The topological polar surface area (TPSA) is 71.3 Å². The molecule has 1 aromatic heterocycles. The van der Waals surface area contributed by atoms with Gasteiger partial charge in [-0.3, -0.25) is 0 Å². The first kappa shape index (κ1) is 15.7. The number of nitrogens with zero attached hydrogens (tertiary/aromatic N) is 1. The fraction of sp³-hybridized carbons (Fsp3) is 0.286. The van der Waals surface area contributed by atoms with E-state index in [4.69, 9.17) is 0 Å². The largest absolute Gasteiger partial charge is 0.386 e. The normalized spacial score (nSPS) is 13.3. The second kappa shape index (κ2) is 5.97. The molecule has 0 saturated carbocycles. The lowest BCUT2D eigenvalue weighted by molar-refractivity contribution is 0.173. The number of hydrogen-bond donors (Lipinski definition) is 2. The van der Waals surface area contributed by atoms with Gasteiger partial charge >= 0.3 is 0 Å². The maximum Gasteiger partial charge on any atom is 0.240 e. The van der Waals surface area contributed by atoms with Gasteiger partial charge < -0.3 is 9.67 Å². The summed E-state index contributed by atoms with van der Waals surface area (Å²) in [5, 5.41) is 9.99. The molecule has 1 heterocycles. The summed E-state index contributed by atoms with van der Waals surface area (Å²) in [6, 6.07) is 7.03. The Balaban J connectivity index is 2.11. The molecule has 1 unspecified atom stereocenters. The van der Waals surface area contributed by atoms with Crippen LogP contribution in [0, 0.1) is 12.7 Å². The van der Waals surface area contributed by atoms with Crippen LogP contribution in [0.3, 0.4) is 0 Å². The third kappa shape index (κ3) is 3.49. The highest BCUT2D eigenvalue weighted by atomic mass is 32.2. The molecule has 0 aliphatic carbocycles. The molecule has 1 aromatic carbocycles. The fourth-order valence-corrected chi connectivity index (χ4v) is 3.10. The van der Waals surface area contributed by atoms with E-state index < -0.39 is 21.9 Å². The third-order valence-corrected chi connectivity index (χ3v) is 4.65. The van der Waals surface area contributed by atoms with Crippen molar-refractivity contribution in [1.82, 2.24) is 9.29 Å². The molecule has 7 heteroatoms. The summed E-state index contributed by atoms with van der Waals surface area (Å²) >= 11 is 0. The molecular weight excluding hydrogens is 295 g/mol. The first-order valence-electron chi connectivity index (χ1n) is 6.36. The van der Waals surface area contributed by atoms with Gasteiger partial charge in [-0.15, -0.1) is 0 Å². The second-order valence-electron chi connectivity index (χ2n) is 4.82. The van der Waals surface area contributed by atoms with Crippen LogP contribution in [0.4, 0.5) is 4.39 Å². The number of aryl methyl sites for hydroxylation is 2. The molecule has 0 aliphatic rings. The predicted molar refractivity (Wildman–Crippen MR) is 76.7 cm³/mol. The SMILES string of the molecule is Cc1cc(S(=O)(=O)NCC(O)c2cccn2C)ccc1F. The molecule has 0 amide bonds. The second-order valence-corrected chi connectivity index (χ2v) is 6.59. The van der Waals surface area contributed by atoms with Crippen LogP contribution in [0.1, 0.15) is 17.4 Å². The van der Waals surface area contributed by atoms with E-state index in [1.807, 2.05) is 0 Å². The minimum atomic E-state index is -3.78. The number of aromatic nitrogens is 1. The van der Waals surface area contributed by atoms with Crippen molar-refractivity contribution in [3.63, 3.8) is 0 Å². The molecule has 0 bridgehead atoms. The van der Waals surface area contributed by atoms with Gasteiger partial charge in [-0.25, -0.2) is 17.5 Å². The molecule has 2 rings (SSSR count). The predicted octanol–water partition coefficient (Wildman–Crippen LogP) is 1.48. The molecule has 0 saturated heterocycles. The zero-order chi connectivity index (χ0) is 15.6. The Bertz CT molecular complexity index is 740. The van der Waals surface area contributed by atoms with Crippen molar-refractivity contribution in [1.29, 1.82) is 0 Å². The van der Waals surface area contributed by atoms with E-state index in [1.165, 1.54) is 19.1 Å². The average molecular weight is 312 g/mol. The van der Waals surface area contributed by atoms with Gasteiger partial charge in [-0.05, 0) is 42.8 Å². The van der Waals surface area contributed by atoms with Gasteiger partial charge in [0.2, 0.25) is 10.0 Å².